The van der Waals surface area contributed by atoms with Crippen LogP contribution in [-0.2, 0) is 9.59 Å². The number of hydrazine groups is 2. The van der Waals surface area contributed by atoms with Gasteiger partial charge in [-0.15, -0.1) is 0 Å². The van der Waals surface area contributed by atoms with Crippen molar-refractivity contribution in [2.75, 3.05) is 6.54 Å². The number of carbonyl (C=O) groups excluding carboxylic acids is 2. The summed E-state index contributed by atoms with van der Waals surface area (Å²) in [4.78, 5) is 22.8. The zero-order valence-corrected chi connectivity index (χ0v) is 27.5. The predicted octanol–water partition coefficient (Wildman–Crippen LogP) is 8.90. The minimum atomic E-state index is 0.108. The van der Waals surface area contributed by atoms with Crippen molar-refractivity contribution >= 4 is 11.8 Å². The molecular weight excluding hydrogens is 496 g/mol. The second kappa shape index (κ2) is 29.4. The molecule has 1 aliphatic carbocycles. The Hall–Kier alpha value is -1.14. The summed E-state index contributed by atoms with van der Waals surface area (Å²) in [5.74, 6) is 1.08. The Morgan fingerprint density at radius 1 is 0.575 bits per heavy atom. The van der Waals surface area contributed by atoms with Crippen molar-refractivity contribution in [1.29, 1.82) is 0 Å². The molecule has 0 heterocycles. The Bertz CT molecular complexity index is 562. The van der Waals surface area contributed by atoms with E-state index in [-0.39, 0.29) is 11.8 Å². The first kappa shape index (κ1) is 38.9. The zero-order valence-electron chi connectivity index (χ0n) is 27.5. The van der Waals surface area contributed by atoms with Gasteiger partial charge in [0.15, 0.2) is 0 Å². The molecule has 0 aliphatic heterocycles. The van der Waals surface area contributed by atoms with Gasteiger partial charge in [0.2, 0.25) is 11.8 Å². The summed E-state index contributed by atoms with van der Waals surface area (Å²) in [6.45, 7) is 11.4. The highest BCUT2D eigenvalue weighted by molar-refractivity contribution is 5.75. The smallest absolute Gasteiger partial charge is 0.234 e. The van der Waals surface area contributed by atoms with E-state index in [1.54, 1.807) is 0 Å². The molecule has 0 saturated heterocycles. The maximum Gasteiger partial charge on any atom is 0.234 e. The first-order valence-corrected chi connectivity index (χ1v) is 17.4. The first-order chi connectivity index (χ1) is 19.3. The SMILES string of the molecule is CC(C)CC(=O)NNC1CCCCC1.CCCCCCCCCCCCCCCCCCNNC(=O)CC(C)C. The van der Waals surface area contributed by atoms with Crippen LogP contribution in [0.15, 0.2) is 0 Å². The molecule has 0 aromatic rings. The third kappa shape index (κ3) is 29.8. The van der Waals surface area contributed by atoms with Crippen LogP contribution in [0.2, 0.25) is 0 Å². The molecule has 0 atom stereocenters. The van der Waals surface area contributed by atoms with Crippen LogP contribution in [0.25, 0.3) is 0 Å². The Balaban J connectivity index is 0.000000906. The number of nitrogens with one attached hydrogen (secondary N) is 4. The molecule has 1 saturated carbocycles. The van der Waals surface area contributed by atoms with Gasteiger partial charge in [-0.1, -0.05) is 150 Å². The highest BCUT2D eigenvalue weighted by atomic mass is 16.2. The molecule has 0 aromatic heterocycles. The molecule has 0 bridgehead atoms. The molecule has 0 spiro atoms. The van der Waals surface area contributed by atoms with Crippen molar-refractivity contribution in [3.8, 4) is 0 Å². The quantitative estimate of drug-likeness (QED) is 0.0694. The van der Waals surface area contributed by atoms with Gasteiger partial charge in [0.25, 0.3) is 0 Å². The molecule has 1 fully saturated rings. The topological polar surface area (TPSA) is 82.3 Å². The lowest BCUT2D eigenvalue weighted by Crippen LogP contribution is -2.45. The molecule has 4 N–H and O–H groups in total. The molecule has 238 valence electrons. The Kier molecular flexibility index (Phi) is 28.5. The highest BCUT2D eigenvalue weighted by Gasteiger charge is 2.13. The molecule has 40 heavy (non-hydrogen) atoms. The van der Waals surface area contributed by atoms with E-state index in [0.717, 1.165) is 13.0 Å². The lowest BCUT2D eigenvalue weighted by Gasteiger charge is -2.23. The molecule has 6 heteroatoms. The highest BCUT2D eigenvalue weighted by Crippen LogP contribution is 2.17. The number of hydrogen-bond donors (Lipinski definition) is 4. The van der Waals surface area contributed by atoms with Gasteiger partial charge in [-0.3, -0.25) is 20.4 Å². The minimum Gasteiger partial charge on any atom is -0.292 e. The van der Waals surface area contributed by atoms with Gasteiger partial charge in [0, 0.05) is 25.4 Å². The minimum absolute atomic E-state index is 0.108. The van der Waals surface area contributed by atoms with Crippen LogP contribution in [0.4, 0.5) is 0 Å². The van der Waals surface area contributed by atoms with Crippen LogP contribution in [0.3, 0.4) is 0 Å². The maximum atomic E-state index is 11.5. The Morgan fingerprint density at radius 2 is 0.975 bits per heavy atom. The first-order valence-electron chi connectivity index (χ1n) is 17.4. The second-order valence-electron chi connectivity index (χ2n) is 13.0. The number of unbranched alkanes of at least 4 members (excludes halogenated alkanes) is 15. The fraction of sp³-hybridized carbons (Fsp3) is 0.941. The predicted molar refractivity (Wildman–Crippen MR) is 173 cm³/mol. The summed E-state index contributed by atoms with van der Waals surface area (Å²) in [5, 5.41) is 0. The fourth-order valence-corrected chi connectivity index (χ4v) is 5.20. The maximum absolute atomic E-state index is 11.5. The molecule has 1 aliphatic rings. The number of hydrogen-bond acceptors (Lipinski definition) is 4. The van der Waals surface area contributed by atoms with Gasteiger partial charge >= 0.3 is 0 Å². The number of rotatable bonds is 24. The van der Waals surface area contributed by atoms with E-state index in [0.29, 0.717) is 30.7 Å². The van der Waals surface area contributed by atoms with Crippen LogP contribution in [0.5, 0.6) is 0 Å². The normalized spacial score (nSPS) is 13.8. The van der Waals surface area contributed by atoms with E-state index in [2.05, 4.69) is 56.3 Å². The average molecular weight is 567 g/mol. The molecule has 0 aromatic carbocycles. The van der Waals surface area contributed by atoms with Crippen LogP contribution in [0.1, 0.15) is 182 Å². The third-order valence-electron chi connectivity index (χ3n) is 7.59. The monoisotopic (exact) mass is 567 g/mol. The molecule has 2 amide bonds. The van der Waals surface area contributed by atoms with Gasteiger partial charge < -0.3 is 0 Å². The van der Waals surface area contributed by atoms with Crippen molar-refractivity contribution in [1.82, 2.24) is 21.7 Å². The van der Waals surface area contributed by atoms with Crippen molar-refractivity contribution in [3.05, 3.63) is 0 Å². The summed E-state index contributed by atoms with van der Waals surface area (Å²) >= 11 is 0. The van der Waals surface area contributed by atoms with E-state index >= 15 is 0 Å². The Labute approximate surface area is 249 Å². The van der Waals surface area contributed by atoms with E-state index in [9.17, 15) is 9.59 Å². The van der Waals surface area contributed by atoms with E-state index in [1.807, 2.05) is 0 Å². The second-order valence-corrected chi connectivity index (χ2v) is 13.0. The number of amides is 2. The third-order valence-corrected chi connectivity index (χ3v) is 7.59. The summed E-state index contributed by atoms with van der Waals surface area (Å²) in [6, 6.07) is 0.500. The molecular formula is C34H70N4O2. The van der Waals surface area contributed by atoms with Gasteiger partial charge in [0.05, 0.1) is 0 Å². The molecule has 0 radical (unpaired) electrons. The van der Waals surface area contributed by atoms with Crippen molar-refractivity contribution in [2.45, 2.75) is 188 Å². The molecule has 1 rings (SSSR count). The van der Waals surface area contributed by atoms with Crippen molar-refractivity contribution in [2.24, 2.45) is 11.8 Å². The Morgan fingerprint density at radius 3 is 1.40 bits per heavy atom. The van der Waals surface area contributed by atoms with Gasteiger partial charge in [-0.2, -0.15) is 0 Å². The van der Waals surface area contributed by atoms with Crippen LogP contribution < -0.4 is 21.7 Å². The van der Waals surface area contributed by atoms with E-state index in [1.165, 1.54) is 128 Å². The average Bonchev–Trinajstić information content (AvgIpc) is 2.91. The zero-order chi connectivity index (χ0) is 29.7. The summed E-state index contributed by atoms with van der Waals surface area (Å²) < 4.78 is 0. The molecule has 0 unspecified atom stereocenters. The molecule has 6 nitrogen and oxygen atoms in total. The van der Waals surface area contributed by atoms with Crippen LogP contribution in [0, 0.1) is 11.8 Å². The van der Waals surface area contributed by atoms with Crippen molar-refractivity contribution < 1.29 is 9.59 Å². The van der Waals surface area contributed by atoms with Crippen LogP contribution >= 0.6 is 0 Å². The van der Waals surface area contributed by atoms with Crippen LogP contribution in [-0.4, -0.2) is 24.4 Å². The summed E-state index contributed by atoms with van der Waals surface area (Å²) in [7, 11) is 0. The standard InChI is InChI=1S/C23H48N2O.C11H22N2O/c1-4-5-6-7-8-9-10-11-12-13-14-15-16-17-18-19-20-24-25-23(26)21-22(2)3;1-9(2)8-11(14)13-12-10-6-4-3-5-7-10/h22,24H,4-21H2,1-3H3,(H,25,26);9-10,12H,3-8H2,1-2H3,(H,13,14). The van der Waals surface area contributed by atoms with E-state index in [4.69, 9.17) is 0 Å². The number of carbonyl (C=O) groups is 2. The summed E-state index contributed by atoms with van der Waals surface area (Å²) in [5.41, 5.74) is 11.7. The lowest BCUT2D eigenvalue weighted by molar-refractivity contribution is -0.123. The van der Waals surface area contributed by atoms with Crippen molar-refractivity contribution in [3.63, 3.8) is 0 Å². The largest absolute Gasteiger partial charge is 0.292 e. The summed E-state index contributed by atoms with van der Waals surface area (Å²) in [6.07, 6.45) is 29.8. The lowest BCUT2D eigenvalue weighted by atomic mass is 9.96. The van der Waals surface area contributed by atoms with E-state index < -0.39 is 0 Å². The van der Waals surface area contributed by atoms with Gasteiger partial charge in [-0.05, 0) is 31.1 Å². The fourth-order valence-electron chi connectivity index (χ4n) is 5.20. The van der Waals surface area contributed by atoms with Gasteiger partial charge in [-0.25, -0.2) is 10.9 Å². The van der Waals surface area contributed by atoms with Gasteiger partial charge in [0.1, 0.15) is 0 Å².